The van der Waals surface area contributed by atoms with E-state index in [4.69, 9.17) is 4.98 Å². The number of likely N-dealkylation sites (N-methyl/N-ethyl adjacent to an activating group) is 1. The molecule has 1 aromatic rings. The first-order valence-corrected chi connectivity index (χ1v) is 7.63. The van der Waals surface area contributed by atoms with Gasteiger partial charge in [-0.3, -0.25) is 0 Å². The third-order valence-electron chi connectivity index (χ3n) is 4.25. The van der Waals surface area contributed by atoms with Crippen molar-refractivity contribution in [1.82, 2.24) is 14.5 Å². The Labute approximate surface area is 116 Å². The quantitative estimate of drug-likeness (QED) is 0.904. The van der Waals surface area contributed by atoms with Crippen molar-refractivity contribution in [1.29, 1.82) is 0 Å². The van der Waals surface area contributed by atoms with Crippen LogP contribution in [0.4, 0.5) is 0 Å². The zero-order valence-corrected chi connectivity index (χ0v) is 12.4. The third-order valence-corrected chi connectivity index (χ3v) is 4.88. The summed E-state index contributed by atoms with van der Waals surface area (Å²) in [6.07, 6.45) is 2.77. The van der Waals surface area contributed by atoms with Crippen LogP contribution in [0.2, 0.25) is 0 Å². The van der Waals surface area contributed by atoms with Crippen LogP contribution in [0.25, 0.3) is 0 Å². The molecule has 0 radical (unpaired) electrons. The second-order valence-electron chi connectivity index (χ2n) is 5.39. The number of halogens is 1. The molecule has 0 aliphatic carbocycles. The minimum atomic E-state index is -0.207. The first-order chi connectivity index (χ1) is 8.69. The SMILES string of the molecule is CCN1CCC(c2nc(Br)c3n2CC(O)CC3)C1. The molecular weight excluding hydrogens is 294 g/mol. The molecule has 0 amide bonds. The van der Waals surface area contributed by atoms with E-state index in [9.17, 15) is 5.11 Å². The average molecular weight is 314 g/mol. The number of rotatable bonds is 2. The second kappa shape index (κ2) is 4.94. The zero-order chi connectivity index (χ0) is 12.7. The molecule has 3 heterocycles. The number of aliphatic hydroxyl groups excluding tert-OH is 1. The Bertz CT molecular complexity index is 446. The van der Waals surface area contributed by atoms with Gasteiger partial charge in [0, 0.05) is 12.5 Å². The van der Waals surface area contributed by atoms with Gasteiger partial charge in [0.25, 0.3) is 0 Å². The molecule has 2 aliphatic rings. The van der Waals surface area contributed by atoms with Crippen LogP contribution >= 0.6 is 15.9 Å². The molecule has 1 saturated heterocycles. The lowest BCUT2D eigenvalue weighted by Gasteiger charge is -2.23. The smallest absolute Gasteiger partial charge is 0.127 e. The highest BCUT2D eigenvalue weighted by Gasteiger charge is 2.31. The summed E-state index contributed by atoms with van der Waals surface area (Å²) in [5, 5.41) is 9.86. The van der Waals surface area contributed by atoms with E-state index in [0.29, 0.717) is 12.5 Å². The molecule has 3 rings (SSSR count). The summed E-state index contributed by atoms with van der Waals surface area (Å²) in [5.74, 6) is 1.70. The Balaban J connectivity index is 1.89. The molecule has 18 heavy (non-hydrogen) atoms. The van der Waals surface area contributed by atoms with E-state index < -0.39 is 0 Å². The first-order valence-electron chi connectivity index (χ1n) is 6.84. The topological polar surface area (TPSA) is 41.3 Å². The molecular formula is C13H20BrN3O. The molecule has 0 spiro atoms. The fourth-order valence-electron chi connectivity index (χ4n) is 3.16. The predicted molar refractivity (Wildman–Crippen MR) is 73.7 cm³/mol. The van der Waals surface area contributed by atoms with Crippen molar-refractivity contribution in [3.8, 4) is 0 Å². The van der Waals surface area contributed by atoms with Crippen molar-refractivity contribution < 1.29 is 5.11 Å². The highest BCUT2D eigenvalue weighted by molar-refractivity contribution is 9.10. The Hall–Kier alpha value is -0.390. The molecule has 2 aliphatic heterocycles. The number of likely N-dealkylation sites (tertiary alicyclic amines) is 1. The number of imidazole rings is 1. The van der Waals surface area contributed by atoms with Crippen molar-refractivity contribution in [3.05, 3.63) is 16.1 Å². The summed E-state index contributed by atoms with van der Waals surface area (Å²) in [6.45, 7) is 6.32. The molecule has 0 bridgehead atoms. The Morgan fingerprint density at radius 2 is 2.22 bits per heavy atom. The summed E-state index contributed by atoms with van der Waals surface area (Å²) in [6, 6.07) is 0. The van der Waals surface area contributed by atoms with E-state index in [1.54, 1.807) is 0 Å². The molecule has 100 valence electrons. The number of nitrogens with zero attached hydrogens (tertiary/aromatic N) is 3. The Morgan fingerprint density at radius 3 is 2.94 bits per heavy atom. The van der Waals surface area contributed by atoms with Gasteiger partial charge in [-0.2, -0.15) is 0 Å². The summed E-state index contributed by atoms with van der Waals surface area (Å²) in [4.78, 5) is 7.19. The third kappa shape index (κ3) is 2.12. The van der Waals surface area contributed by atoms with Crippen molar-refractivity contribution in [2.45, 2.75) is 44.8 Å². The maximum Gasteiger partial charge on any atom is 0.127 e. The van der Waals surface area contributed by atoms with Gasteiger partial charge < -0.3 is 14.6 Å². The van der Waals surface area contributed by atoms with Crippen molar-refractivity contribution >= 4 is 15.9 Å². The van der Waals surface area contributed by atoms with Crippen molar-refractivity contribution in [2.75, 3.05) is 19.6 Å². The van der Waals surface area contributed by atoms with Crippen LogP contribution in [0.1, 0.15) is 37.2 Å². The van der Waals surface area contributed by atoms with Gasteiger partial charge in [0.15, 0.2) is 0 Å². The largest absolute Gasteiger partial charge is 0.391 e. The standard InChI is InChI=1S/C13H20BrN3O/c1-2-16-6-5-9(7-16)13-15-12(14)11-4-3-10(18)8-17(11)13/h9-10,18H,2-8H2,1H3. The normalized spacial score (nSPS) is 28.6. The van der Waals surface area contributed by atoms with E-state index in [0.717, 1.165) is 30.5 Å². The zero-order valence-electron chi connectivity index (χ0n) is 10.8. The lowest BCUT2D eigenvalue weighted by molar-refractivity contribution is 0.129. The minimum absolute atomic E-state index is 0.207. The highest BCUT2D eigenvalue weighted by atomic mass is 79.9. The fraction of sp³-hybridized carbons (Fsp3) is 0.769. The van der Waals surface area contributed by atoms with E-state index in [1.807, 2.05) is 0 Å². The van der Waals surface area contributed by atoms with Gasteiger partial charge in [0.1, 0.15) is 10.4 Å². The molecule has 0 aromatic carbocycles. The number of aliphatic hydroxyl groups is 1. The number of hydrogen-bond donors (Lipinski definition) is 1. The van der Waals surface area contributed by atoms with Gasteiger partial charge in [-0.15, -0.1) is 0 Å². The lowest BCUT2D eigenvalue weighted by atomic mass is 10.1. The molecule has 1 N–H and O–H groups in total. The van der Waals surface area contributed by atoms with Gasteiger partial charge in [-0.1, -0.05) is 6.92 Å². The van der Waals surface area contributed by atoms with Crippen LogP contribution in [0, 0.1) is 0 Å². The Kier molecular flexibility index (Phi) is 3.47. The lowest BCUT2D eigenvalue weighted by Crippen LogP contribution is -2.27. The maximum atomic E-state index is 9.86. The van der Waals surface area contributed by atoms with E-state index >= 15 is 0 Å². The minimum Gasteiger partial charge on any atom is -0.391 e. The average Bonchev–Trinajstić information content (AvgIpc) is 2.94. The van der Waals surface area contributed by atoms with Crippen LogP contribution in [0.5, 0.6) is 0 Å². The number of hydrogen-bond acceptors (Lipinski definition) is 3. The van der Waals surface area contributed by atoms with Crippen LogP contribution in [0.3, 0.4) is 0 Å². The summed E-state index contributed by atoms with van der Waals surface area (Å²) in [5.41, 5.74) is 1.27. The monoisotopic (exact) mass is 313 g/mol. The molecule has 2 unspecified atom stereocenters. The first kappa shape index (κ1) is 12.6. The van der Waals surface area contributed by atoms with Gasteiger partial charge in [-0.25, -0.2) is 4.98 Å². The summed E-state index contributed by atoms with van der Waals surface area (Å²) >= 11 is 3.57. The number of aromatic nitrogens is 2. The van der Waals surface area contributed by atoms with Gasteiger partial charge in [0.05, 0.1) is 18.3 Å². The van der Waals surface area contributed by atoms with Gasteiger partial charge in [0.2, 0.25) is 0 Å². The van der Waals surface area contributed by atoms with Crippen LogP contribution < -0.4 is 0 Å². The van der Waals surface area contributed by atoms with Crippen LogP contribution in [-0.4, -0.2) is 45.3 Å². The van der Waals surface area contributed by atoms with Crippen molar-refractivity contribution in [3.63, 3.8) is 0 Å². The molecule has 0 saturated carbocycles. The summed E-state index contributed by atoms with van der Waals surface area (Å²) in [7, 11) is 0. The molecule has 1 aromatic heterocycles. The van der Waals surface area contributed by atoms with Gasteiger partial charge in [-0.05, 0) is 48.3 Å². The van der Waals surface area contributed by atoms with E-state index in [1.165, 1.54) is 24.5 Å². The van der Waals surface area contributed by atoms with E-state index in [2.05, 4.69) is 32.3 Å². The molecule has 4 nitrogen and oxygen atoms in total. The van der Waals surface area contributed by atoms with E-state index in [-0.39, 0.29) is 6.10 Å². The highest BCUT2D eigenvalue weighted by Crippen LogP contribution is 2.32. The van der Waals surface area contributed by atoms with Gasteiger partial charge >= 0.3 is 0 Å². The predicted octanol–water partition coefficient (Wildman–Crippen LogP) is 1.76. The van der Waals surface area contributed by atoms with Crippen molar-refractivity contribution in [2.24, 2.45) is 0 Å². The second-order valence-corrected chi connectivity index (χ2v) is 6.14. The Morgan fingerprint density at radius 1 is 1.39 bits per heavy atom. The fourth-order valence-corrected chi connectivity index (χ4v) is 3.76. The molecule has 2 atom stereocenters. The molecule has 5 heteroatoms. The molecule has 1 fully saturated rings. The maximum absolute atomic E-state index is 9.86. The van der Waals surface area contributed by atoms with Crippen LogP contribution in [-0.2, 0) is 13.0 Å². The number of fused-ring (bicyclic) bond motifs is 1. The summed E-state index contributed by atoms with van der Waals surface area (Å²) < 4.78 is 3.24. The van der Waals surface area contributed by atoms with Crippen LogP contribution in [0.15, 0.2) is 4.60 Å².